The number of hydrogen-bond donors (Lipinski definition) is 2. The van der Waals surface area contributed by atoms with E-state index in [0.29, 0.717) is 22.9 Å². The van der Waals surface area contributed by atoms with Crippen molar-refractivity contribution in [1.29, 1.82) is 0 Å². The first-order valence-corrected chi connectivity index (χ1v) is 8.29. The molecule has 0 radical (unpaired) electrons. The standard InChI is InChI=1S/C20H20N2O5/c1-13(23)10-19(25)21-15-8-9-17(22-20(26)11-14(2)24)18(12-15)27-16-6-4-3-5-7-16/h3-9,12H,10-11H2,1-2H3,(H,21,25)(H,22,26). The fourth-order valence-corrected chi connectivity index (χ4v) is 2.26. The van der Waals surface area contributed by atoms with Crippen molar-refractivity contribution >= 4 is 34.8 Å². The van der Waals surface area contributed by atoms with E-state index in [0.717, 1.165) is 0 Å². The molecule has 0 aliphatic carbocycles. The molecule has 2 N–H and O–H groups in total. The molecular weight excluding hydrogens is 348 g/mol. The van der Waals surface area contributed by atoms with Crippen LogP contribution in [0.15, 0.2) is 48.5 Å². The Hall–Kier alpha value is -3.48. The predicted molar refractivity (Wildman–Crippen MR) is 101 cm³/mol. The van der Waals surface area contributed by atoms with Crippen molar-refractivity contribution in [3.05, 3.63) is 48.5 Å². The zero-order valence-electron chi connectivity index (χ0n) is 15.1. The van der Waals surface area contributed by atoms with Crippen LogP contribution in [0.3, 0.4) is 0 Å². The van der Waals surface area contributed by atoms with Gasteiger partial charge in [-0.15, -0.1) is 0 Å². The van der Waals surface area contributed by atoms with Gasteiger partial charge in [0.25, 0.3) is 0 Å². The molecule has 2 rings (SSSR count). The summed E-state index contributed by atoms with van der Waals surface area (Å²) in [5.74, 6) is -0.590. The lowest BCUT2D eigenvalue weighted by Gasteiger charge is -2.14. The van der Waals surface area contributed by atoms with Crippen LogP contribution in [0.25, 0.3) is 0 Å². The third kappa shape index (κ3) is 6.74. The molecule has 2 aromatic carbocycles. The summed E-state index contributed by atoms with van der Waals surface area (Å²) in [6, 6.07) is 13.6. The van der Waals surface area contributed by atoms with Gasteiger partial charge in [-0.1, -0.05) is 18.2 Å². The lowest BCUT2D eigenvalue weighted by atomic mass is 10.2. The van der Waals surface area contributed by atoms with Crippen molar-refractivity contribution in [3.63, 3.8) is 0 Å². The summed E-state index contributed by atoms with van der Waals surface area (Å²) in [5, 5.41) is 5.23. The molecule has 0 bridgehead atoms. The summed E-state index contributed by atoms with van der Waals surface area (Å²) in [4.78, 5) is 45.9. The van der Waals surface area contributed by atoms with Crippen molar-refractivity contribution in [2.75, 3.05) is 10.6 Å². The molecule has 0 heterocycles. The van der Waals surface area contributed by atoms with Crippen LogP contribution in [0.5, 0.6) is 11.5 Å². The first kappa shape index (κ1) is 19.8. The predicted octanol–water partition coefficient (Wildman–Crippen LogP) is 3.31. The number of Topliss-reactive ketones (excluding diaryl/α,β-unsaturated/α-hetero) is 2. The Labute approximate surface area is 156 Å². The molecule has 0 atom stereocenters. The summed E-state index contributed by atoms with van der Waals surface area (Å²) in [7, 11) is 0. The van der Waals surface area contributed by atoms with Crippen molar-refractivity contribution in [2.45, 2.75) is 26.7 Å². The van der Waals surface area contributed by atoms with Gasteiger partial charge in [0, 0.05) is 11.8 Å². The summed E-state index contributed by atoms with van der Waals surface area (Å²) in [6.07, 6.45) is -0.478. The van der Waals surface area contributed by atoms with Crippen molar-refractivity contribution in [2.24, 2.45) is 0 Å². The Morgan fingerprint density at radius 3 is 2.00 bits per heavy atom. The first-order valence-electron chi connectivity index (χ1n) is 8.29. The van der Waals surface area contributed by atoms with Crippen molar-refractivity contribution in [1.82, 2.24) is 0 Å². The van der Waals surface area contributed by atoms with Gasteiger partial charge in [0.05, 0.1) is 18.5 Å². The summed E-state index contributed by atoms with van der Waals surface area (Å²) in [6.45, 7) is 2.66. The number of rotatable bonds is 8. The molecule has 2 amide bonds. The average Bonchev–Trinajstić information content (AvgIpc) is 2.56. The van der Waals surface area contributed by atoms with Crippen LogP contribution in [0.1, 0.15) is 26.7 Å². The van der Waals surface area contributed by atoms with Gasteiger partial charge in [0.15, 0.2) is 5.75 Å². The second-order valence-corrected chi connectivity index (χ2v) is 5.98. The highest BCUT2D eigenvalue weighted by molar-refractivity contribution is 6.05. The highest BCUT2D eigenvalue weighted by Gasteiger charge is 2.13. The maximum absolute atomic E-state index is 11.9. The van der Waals surface area contributed by atoms with E-state index in [4.69, 9.17) is 4.74 Å². The quantitative estimate of drug-likeness (QED) is 0.696. The second-order valence-electron chi connectivity index (χ2n) is 5.98. The van der Waals surface area contributed by atoms with Gasteiger partial charge >= 0.3 is 0 Å². The van der Waals surface area contributed by atoms with E-state index in [1.54, 1.807) is 36.4 Å². The fraction of sp³-hybridized carbons (Fsp3) is 0.200. The Morgan fingerprint density at radius 1 is 0.815 bits per heavy atom. The van der Waals surface area contributed by atoms with Crippen molar-refractivity contribution in [3.8, 4) is 11.5 Å². The topological polar surface area (TPSA) is 102 Å². The molecule has 27 heavy (non-hydrogen) atoms. The van der Waals surface area contributed by atoms with E-state index in [9.17, 15) is 19.2 Å². The number of hydrogen-bond acceptors (Lipinski definition) is 5. The second kappa shape index (κ2) is 9.28. The highest BCUT2D eigenvalue weighted by atomic mass is 16.5. The number of ether oxygens (including phenoxy) is 1. The summed E-state index contributed by atoms with van der Waals surface area (Å²) in [5.41, 5.74) is 0.770. The number of carbonyl (C=O) groups excluding carboxylic acids is 4. The van der Waals surface area contributed by atoms with E-state index in [1.165, 1.54) is 19.9 Å². The number of para-hydroxylation sites is 1. The van der Waals surface area contributed by atoms with E-state index < -0.39 is 11.8 Å². The summed E-state index contributed by atoms with van der Waals surface area (Å²) < 4.78 is 5.80. The smallest absolute Gasteiger partial charge is 0.231 e. The Balaban J connectivity index is 2.26. The number of nitrogens with one attached hydrogen (secondary N) is 2. The zero-order chi connectivity index (χ0) is 19.8. The van der Waals surface area contributed by atoms with Gasteiger partial charge in [-0.25, -0.2) is 0 Å². The van der Waals surface area contributed by atoms with Crippen LogP contribution >= 0.6 is 0 Å². The van der Waals surface area contributed by atoms with Gasteiger partial charge in [-0.05, 0) is 38.1 Å². The number of ketones is 2. The molecule has 7 heteroatoms. The number of amides is 2. The normalized spacial score (nSPS) is 10.0. The van der Waals surface area contributed by atoms with Crippen molar-refractivity contribution < 1.29 is 23.9 Å². The Bertz CT molecular complexity index is 862. The number of carbonyl (C=O) groups is 4. The molecule has 0 spiro atoms. The SMILES string of the molecule is CC(=O)CC(=O)Nc1ccc(NC(=O)CC(C)=O)c(Oc2ccccc2)c1. The monoisotopic (exact) mass is 368 g/mol. The molecule has 7 nitrogen and oxygen atoms in total. The molecule has 2 aromatic rings. The summed E-state index contributed by atoms with van der Waals surface area (Å²) >= 11 is 0. The number of benzene rings is 2. The molecule has 0 saturated carbocycles. The molecule has 0 aromatic heterocycles. The molecular formula is C20H20N2O5. The fourth-order valence-electron chi connectivity index (χ4n) is 2.26. The van der Waals surface area contributed by atoms with Crippen LogP contribution < -0.4 is 15.4 Å². The van der Waals surface area contributed by atoms with Gasteiger partial charge in [0.2, 0.25) is 11.8 Å². The van der Waals surface area contributed by atoms with E-state index in [1.807, 2.05) is 6.07 Å². The molecule has 140 valence electrons. The lowest BCUT2D eigenvalue weighted by Crippen LogP contribution is -2.16. The van der Waals surface area contributed by atoms with Crippen LogP contribution in [-0.2, 0) is 19.2 Å². The van der Waals surface area contributed by atoms with E-state index in [-0.39, 0.29) is 24.4 Å². The average molecular weight is 368 g/mol. The van der Waals surface area contributed by atoms with Crippen LogP contribution in [0, 0.1) is 0 Å². The maximum Gasteiger partial charge on any atom is 0.231 e. The lowest BCUT2D eigenvalue weighted by molar-refractivity contribution is -0.125. The van der Waals surface area contributed by atoms with Crippen LogP contribution in [0.2, 0.25) is 0 Å². The maximum atomic E-state index is 11.9. The zero-order valence-corrected chi connectivity index (χ0v) is 15.1. The van der Waals surface area contributed by atoms with E-state index >= 15 is 0 Å². The largest absolute Gasteiger partial charge is 0.455 e. The number of anilines is 2. The third-order valence-electron chi connectivity index (χ3n) is 3.33. The van der Waals surface area contributed by atoms with Gasteiger partial charge in [-0.3, -0.25) is 19.2 Å². The third-order valence-corrected chi connectivity index (χ3v) is 3.33. The molecule has 0 aliphatic rings. The minimum atomic E-state index is -0.464. The molecule has 0 aliphatic heterocycles. The minimum Gasteiger partial charge on any atom is -0.455 e. The van der Waals surface area contributed by atoms with Gasteiger partial charge in [-0.2, -0.15) is 0 Å². The van der Waals surface area contributed by atoms with Crippen LogP contribution in [0.4, 0.5) is 11.4 Å². The first-order chi connectivity index (χ1) is 12.8. The molecule has 0 fully saturated rings. The van der Waals surface area contributed by atoms with Gasteiger partial charge in [0.1, 0.15) is 17.3 Å². The Morgan fingerprint density at radius 2 is 1.41 bits per heavy atom. The highest BCUT2D eigenvalue weighted by Crippen LogP contribution is 2.32. The van der Waals surface area contributed by atoms with Gasteiger partial charge < -0.3 is 15.4 Å². The molecule has 0 unspecified atom stereocenters. The van der Waals surface area contributed by atoms with Crippen LogP contribution in [-0.4, -0.2) is 23.4 Å². The minimum absolute atomic E-state index is 0.230. The van der Waals surface area contributed by atoms with E-state index in [2.05, 4.69) is 10.6 Å². The Kier molecular flexibility index (Phi) is 6.82. The molecule has 0 saturated heterocycles.